The second kappa shape index (κ2) is 8.29. The van der Waals surface area contributed by atoms with Crippen molar-refractivity contribution in [3.8, 4) is 0 Å². The molecule has 1 saturated heterocycles. The Morgan fingerprint density at radius 3 is 2.58 bits per heavy atom. The van der Waals surface area contributed by atoms with E-state index in [1.54, 1.807) is 0 Å². The normalized spacial score (nSPS) is 18.0. The minimum absolute atomic E-state index is 0.0127. The van der Waals surface area contributed by atoms with Crippen molar-refractivity contribution in [1.82, 2.24) is 15.5 Å². The van der Waals surface area contributed by atoms with Crippen molar-refractivity contribution in [3.05, 3.63) is 35.9 Å². The Kier molecular flexibility index (Phi) is 6.37. The van der Waals surface area contributed by atoms with Gasteiger partial charge < -0.3 is 15.5 Å². The fraction of sp³-hybridized carbons (Fsp3) is 0.579. The lowest BCUT2D eigenvalue weighted by molar-refractivity contribution is -0.129. The summed E-state index contributed by atoms with van der Waals surface area (Å²) in [5.74, 6) is -0.150. The van der Waals surface area contributed by atoms with E-state index < -0.39 is 0 Å². The number of nitrogens with zero attached hydrogens (tertiary/aromatic N) is 1. The van der Waals surface area contributed by atoms with Crippen LogP contribution in [0.1, 0.15) is 32.8 Å². The number of nitrogens with one attached hydrogen (secondary N) is 2. The summed E-state index contributed by atoms with van der Waals surface area (Å²) in [7, 11) is 0. The van der Waals surface area contributed by atoms with Crippen LogP contribution in [0.15, 0.2) is 30.3 Å². The van der Waals surface area contributed by atoms with Gasteiger partial charge in [0.05, 0.1) is 5.92 Å². The molecule has 2 rings (SSSR count). The topological polar surface area (TPSA) is 61.4 Å². The maximum absolute atomic E-state index is 12.2. The lowest BCUT2D eigenvalue weighted by atomic mass is 10.1. The smallest absolute Gasteiger partial charge is 0.225 e. The van der Waals surface area contributed by atoms with Gasteiger partial charge >= 0.3 is 0 Å². The van der Waals surface area contributed by atoms with Crippen LogP contribution in [0.2, 0.25) is 0 Å². The zero-order valence-corrected chi connectivity index (χ0v) is 15.0. The van der Waals surface area contributed by atoms with E-state index in [0.29, 0.717) is 26.1 Å². The first-order valence-electron chi connectivity index (χ1n) is 8.69. The number of carbonyl (C=O) groups is 2. The molecule has 1 aliphatic rings. The molecule has 1 heterocycles. The minimum Gasteiger partial charge on any atom is -0.355 e. The first-order valence-corrected chi connectivity index (χ1v) is 8.69. The predicted octanol–water partition coefficient (Wildman–Crippen LogP) is 1.58. The monoisotopic (exact) mass is 331 g/mol. The summed E-state index contributed by atoms with van der Waals surface area (Å²) in [6, 6.07) is 10.1. The quantitative estimate of drug-likeness (QED) is 0.746. The number of benzene rings is 1. The molecule has 1 unspecified atom stereocenters. The van der Waals surface area contributed by atoms with Crippen molar-refractivity contribution < 1.29 is 9.59 Å². The fourth-order valence-corrected chi connectivity index (χ4v) is 2.84. The van der Waals surface area contributed by atoms with E-state index in [4.69, 9.17) is 0 Å². The average Bonchev–Trinajstić information content (AvgIpc) is 2.90. The molecule has 5 heteroatoms. The molecule has 0 aromatic heterocycles. The van der Waals surface area contributed by atoms with Crippen molar-refractivity contribution in [1.29, 1.82) is 0 Å². The minimum atomic E-state index is -0.220. The molecule has 0 radical (unpaired) electrons. The van der Waals surface area contributed by atoms with Crippen LogP contribution in [-0.4, -0.2) is 48.4 Å². The van der Waals surface area contributed by atoms with E-state index in [1.165, 1.54) is 5.56 Å². The number of likely N-dealkylation sites (tertiary alicyclic amines) is 1. The first kappa shape index (κ1) is 18.5. The van der Waals surface area contributed by atoms with Gasteiger partial charge in [-0.25, -0.2) is 0 Å². The van der Waals surface area contributed by atoms with Crippen LogP contribution in [0.3, 0.4) is 0 Å². The van der Waals surface area contributed by atoms with Crippen LogP contribution in [-0.2, 0) is 16.0 Å². The molecule has 5 nitrogen and oxygen atoms in total. The van der Waals surface area contributed by atoms with Gasteiger partial charge in [0.2, 0.25) is 11.8 Å². The van der Waals surface area contributed by atoms with Gasteiger partial charge in [0, 0.05) is 38.1 Å². The van der Waals surface area contributed by atoms with Crippen molar-refractivity contribution in [2.45, 2.75) is 39.2 Å². The number of hydrogen-bond acceptors (Lipinski definition) is 3. The van der Waals surface area contributed by atoms with Gasteiger partial charge in [-0.05, 0) is 32.8 Å². The summed E-state index contributed by atoms with van der Waals surface area (Å²) in [4.78, 5) is 26.1. The van der Waals surface area contributed by atoms with E-state index in [-0.39, 0.29) is 23.3 Å². The Morgan fingerprint density at radius 1 is 1.21 bits per heavy atom. The van der Waals surface area contributed by atoms with Gasteiger partial charge in [-0.2, -0.15) is 0 Å². The lowest BCUT2D eigenvalue weighted by Gasteiger charge is -2.21. The van der Waals surface area contributed by atoms with E-state index in [0.717, 1.165) is 13.0 Å². The third kappa shape index (κ3) is 5.96. The Bertz CT molecular complexity index is 551. The zero-order chi connectivity index (χ0) is 17.6. The second-order valence-corrected chi connectivity index (χ2v) is 7.44. The van der Waals surface area contributed by atoms with Crippen LogP contribution >= 0.6 is 0 Å². The molecule has 1 fully saturated rings. The molecule has 0 spiro atoms. The molecule has 1 aromatic rings. The molecule has 0 saturated carbocycles. The van der Waals surface area contributed by atoms with Gasteiger partial charge in [0.15, 0.2) is 0 Å². The summed E-state index contributed by atoms with van der Waals surface area (Å²) < 4.78 is 0. The van der Waals surface area contributed by atoms with Crippen LogP contribution in [0.25, 0.3) is 0 Å². The molecular formula is C19H29N3O2. The summed E-state index contributed by atoms with van der Waals surface area (Å²) in [5, 5.41) is 6.26. The SMILES string of the molecule is CC(C)(C)NCCNC(=O)C1CC(=O)N(CCc2ccccc2)C1. The van der Waals surface area contributed by atoms with E-state index in [2.05, 4.69) is 43.5 Å². The van der Waals surface area contributed by atoms with Gasteiger partial charge in [-0.3, -0.25) is 9.59 Å². The van der Waals surface area contributed by atoms with Crippen molar-refractivity contribution >= 4 is 11.8 Å². The van der Waals surface area contributed by atoms with Crippen molar-refractivity contribution in [3.63, 3.8) is 0 Å². The largest absolute Gasteiger partial charge is 0.355 e. The Labute approximate surface area is 144 Å². The third-order valence-corrected chi connectivity index (χ3v) is 4.18. The highest BCUT2D eigenvalue weighted by Crippen LogP contribution is 2.18. The van der Waals surface area contributed by atoms with E-state index in [9.17, 15) is 9.59 Å². The maximum Gasteiger partial charge on any atom is 0.225 e. The van der Waals surface area contributed by atoms with Gasteiger partial charge in [-0.15, -0.1) is 0 Å². The highest BCUT2D eigenvalue weighted by Gasteiger charge is 2.33. The standard InChI is InChI=1S/C19H29N3O2/c1-19(2,3)21-11-10-20-18(24)16-13-17(23)22(14-16)12-9-15-7-5-4-6-8-15/h4-8,16,21H,9-14H2,1-3H3,(H,20,24). The highest BCUT2D eigenvalue weighted by atomic mass is 16.2. The predicted molar refractivity (Wildman–Crippen MR) is 95.6 cm³/mol. The third-order valence-electron chi connectivity index (χ3n) is 4.18. The van der Waals surface area contributed by atoms with Crippen molar-refractivity contribution in [2.24, 2.45) is 5.92 Å². The molecular weight excluding hydrogens is 302 g/mol. The number of hydrogen-bond donors (Lipinski definition) is 2. The fourth-order valence-electron chi connectivity index (χ4n) is 2.84. The molecule has 0 bridgehead atoms. The molecule has 2 N–H and O–H groups in total. The lowest BCUT2D eigenvalue weighted by Crippen LogP contribution is -2.42. The summed E-state index contributed by atoms with van der Waals surface area (Å²) in [6.45, 7) is 8.81. The first-order chi connectivity index (χ1) is 11.3. The van der Waals surface area contributed by atoms with Crippen LogP contribution < -0.4 is 10.6 Å². The molecule has 132 valence electrons. The van der Waals surface area contributed by atoms with Crippen LogP contribution in [0.4, 0.5) is 0 Å². The Balaban J connectivity index is 1.72. The maximum atomic E-state index is 12.2. The Morgan fingerprint density at radius 2 is 1.92 bits per heavy atom. The number of rotatable bonds is 7. The molecule has 2 amide bonds. The van der Waals surface area contributed by atoms with Gasteiger partial charge in [-0.1, -0.05) is 30.3 Å². The molecule has 24 heavy (non-hydrogen) atoms. The Hall–Kier alpha value is -1.88. The van der Waals surface area contributed by atoms with Gasteiger partial charge in [0.1, 0.15) is 0 Å². The van der Waals surface area contributed by atoms with E-state index in [1.807, 2.05) is 23.1 Å². The second-order valence-electron chi connectivity index (χ2n) is 7.44. The summed E-state index contributed by atoms with van der Waals surface area (Å²) in [5.41, 5.74) is 1.26. The molecule has 0 aliphatic carbocycles. The summed E-state index contributed by atoms with van der Waals surface area (Å²) in [6.07, 6.45) is 1.16. The highest BCUT2D eigenvalue weighted by molar-refractivity contribution is 5.89. The number of carbonyl (C=O) groups excluding carboxylic acids is 2. The molecule has 1 atom stereocenters. The van der Waals surface area contributed by atoms with E-state index >= 15 is 0 Å². The average molecular weight is 331 g/mol. The van der Waals surface area contributed by atoms with Crippen molar-refractivity contribution in [2.75, 3.05) is 26.2 Å². The van der Waals surface area contributed by atoms with Crippen LogP contribution in [0.5, 0.6) is 0 Å². The number of amides is 2. The zero-order valence-electron chi connectivity index (χ0n) is 15.0. The summed E-state index contributed by atoms with van der Waals surface area (Å²) >= 11 is 0. The van der Waals surface area contributed by atoms with Gasteiger partial charge in [0.25, 0.3) is 0 Å². The molecule has 1 aromatic carbocycles. The molecule has 1 aliphatic heterocycles. The van der Waals surface area contributed by atoms with Crippen LogP contribution in [0, 0.1) is 5.92 Å².